The Balaban J connectivity index is 1.26. The van der Waals surface area contributed by atoms with Crippen molar-refractivity contribution in [1.82, 2.24) is 24.7 Å². The Bertz CT molecular complexity index is 1570. The lowest BCUT2D eigenvalue weighted by Gasteiger charge is -2.11. The van der Waals surface area contributed by atoms with Gasteiger partial charge in [-0.25, -0.2) is 15.0 Å². The summed E-state index contributed by atoms with van der Waals surface area (Å²) < 4.78 is 7.16. The van der Waals surface area contributed by atoms with E-state index >= 15 is 0 Å². The summed E-state index contributed by atoms with van der Waals surface area (Å²) in [7, 11) is 1.88. The van der Waals surface area contributed by atoms with Crippen molar-refractivity contribution in [1.29, 1.82) is 0 Å². The molecule has 1 saturated carbocycles. The van der Waals surface area contributed by atoms with Crippen molar-refractivity contribution in [3.63, 3.8) is 0 Å². The first-order chi connectivity index (χ1) is 17.0. The first kappa shape index (κ1) is 21.0. The van der Waals surface area contributed by atoms with Crippen molar-refractivity contribution >= 4 is 28.3 Å². The van der Waals surface area contributed by atoms with Crippen molar-refractivity contribution in [2.24, 2.45) is 13.0 Å². The fourth-order valence-electron chi connectivity index (χ4n) is 4.53. The quantitative estimate of drug-likeness (QED) is 0.396. The number of fused-ring (bicyclic) bond motifs is 1. The predicted molar refractivity (Wildman–Crippen MR) is 132 cm³/mol. The minimum Gasteiger partial charge on any atom is -0.445 e. The van der Waals surface area contributed by atoms with Gasteiger partial charge in [0.15, 0.2) is 0 Å². The summed E-state index contributed by atoms with van der Waals surface area (Å²) in [6.07, 6.45) is 9.43. The number of aryl methyl sites for hydroxylation is 2. The van der Waals surface area contributed by atoms with Gasteiger partial charge >= 0.3 is 0 Å². The molecule has 0 saturated heterocycles. The van der Waals surface area contributed by atoms with Crippen molar-refractivity contribution in [3.8, 4) is 22.7 Å². The van der Waals surface area contributed by atoms with Crippen molar-refractivity contribution < 1.29 is 9.21 Å². The first-order valence-electron chi connectivity index (χ1n) is 11.3. The SMILES string of the molecule is Cc1cc(-c2ncco2)ccc1-c1cc2cc(NC(=O)C3C[C@H]3c3cnn(C)c3)ncc2c(N)n1. The third-order valence-corrected chi connectivity index (χ3v) is 6.46. The van der Waals surface area contributed by atoms with Crippen LogP contribution in [0.3, 0.4) is 0 Å². The van der Waals surface area contributed by atoms with Crippen LogP contribution < -0.4 is 11.1 Å². The lowest BCUT2D eigenvalue weighted by atomic mass is 10.0. The standard InChI is InChI=1S/C26H23N7O2/c1-14-7-15(26-28-5-6-35-26)3-4-18(14)22-8-16-9-23(29-12-21(16)24(27)31-22)32-25(34)20-10-19(20)17-11-30-33(2)13-17/h3-9,11-13,19-20H,10H2,1-2H3,(H2,27,31)(H,29,32,34)/t19-,20?/m0/s1. The smallest absolute Gasteiger partial charge is 0.229 e. The number of carbonyl (C=O) groups is 1. The van der Waals surface area contributed by atoms with E-state index in [1.165, 1.54) is 0 Å². The molecule has 3 N–H and O–H groups in total. The number of rotatable bonds is 5. The highest BCUT2D eigenvalue weighted by atomic mass is 16.3. The third kappa shape index (κ3) is 3.90. The Morgan fingerprint density at radius 1 is 1.20 bits per heavy atom. The van der Waals surface area contributed by atoms with E-state index in [1.807, 2.05) is 56.7 Å². The summed E-state index contributed by atoms with van der Waals surface area (Å²) in [6.45, 7) is 2.01. The van der Waals surface area contributed by atoms with Crippen LogP contribution in [0.5, 0.6) is 0 Å². The molecule has 1 aliphatic carbocycles. The van der Waals surface area contributed by atoms with Gasteiger partial charge in [-0.1, -0.05) is 6.07 Å². The molecule has 9 nitrogen and oxygen atoms in total. The van der Waals surface area contributed by atoms with Gasteiger partial charge in [0.05, 0.1) is 18.1 Å². The van der Waals surface area contributed by atoms with Crippen molar-refractivity contribution in [2.45, 2.75) is 19.3 Å². The summed E-state index contributed by atoms with van der Waals surface area (Å²) in [5.74, 6) is 1.55. The van der Waals surface area contributed by atoms with Gasteiger partial charge in [-0.05, 0) is 60.0 Å². The minimum absolute atomic E-state index is 0.0362. The monoisotopic (exact) mass is 465 g/mol. The summed E-state index contributed by atoms with van der Waals surface area (Å²) in [6, 6.07) is 9.75. The van der Waals surface area contributed by atoms with Crippen LogP contribution in [-0.4, -0.2) is 30.6 Å². The molecule has 1 fully saturated rings. The van der Waals surface area contributed by atoms with Crippen LogP contribution >= 0.6 is 0 Å². The number of benzene rings is 1. The van der Waals surface area contributed by atoms with Crippen LogP contribution in [0.1, 0.15) is 23.5 Å². The first-order valence-corrected chi connectivity index (χ1v) is 11.3. The number of oxazole rings is 1. The Labute approximate surface area is 201 Å². The van der Waals surface area contributed by atoms with E-state index in [-0.39, 0.29) is 17.7 Å². The zero-order chi connectivity index (χ0) is 24.1. The Hall–Kier alpha value is -4.53. The van der Waals surface area contributed by atoms with E-state index in [0.717, 1.165) is 45.1 Å². The molecule has 35 heavy (non-hydrogen) atoms. The molecule has 1 unspecified atom stereocenters. The average molecular weight is 466 g/mol. The fourth-order valence-corrected chi connectivity index (χ4v) is 4.53. The maximum Gasteiger partial charge on any atom is 0.229 e. The Morgan fingerprint density at radius 2 is 2.09 bits per heavy atom. The number of carbonyl (C=O) groups excluding carboxylic acids is 1. The van der Waals surface area contributed by atoms with E-state index in [2.05, 4.69) is 25.4 Å². The average Bonchev–Trinajstić information content (AvgIpc) is 3.22. The number of hydrogen-bond donors (Lipinski definition) is 2. The van der Waals surface area contributed by atoms with E-state index < -0.39 is 0 Å². The minimum atomic E-state index is -0.0698. The normalized spacial score (nSPS) is 17.0. The molecule has 4 aromatic heterocycles. The lowest BCUT2D eigenvalue weighted by molar-refractivity contribution is -0.117. The molecule has 2 atom stereocenters. The number of aromatic nitrogens is 5. The zero-order valence-corrected chi connectivity index (χ0v) is 19.3. The maximum atomic E-state index is 12.8. The van der Waals surface area contributed by atoms with Crippen LogP contribution in [0.25, 0.3) is 33.5 Å². The molecule has 6 rings (SSSR count). The number of hydrogen-bond acceptors (Lipinski definition) is 7. The molecule has 174 valence electrons. The van der Waals surface area contributed by atoms with Gasteiger partial charge in [0.2, 0.25) is 11.8 Å². The topological polar surface area (TPSA) is 125 Å². The van der Waals surface area contributed by atoms with E-state index in [4.69, 9.17) is 10.2 Å². The third-order valence-electron chi connectivity index (χ3n) is 6.46. The number of nitrogens with zero attached hydrogens (tertiary/aromatic N) is 5. The second-order valence-corrected chi connectivity index (χ2v) is 8.94. The molecule has 5 aromatic rings. The van der Waals surface area contributed by atoms with Gasteiger partial charge < -0.3 is 15.5 Å². The number of nitrogen functional groups attached to an aromatic ring is 1. The van der Waals surface area contributed by atoms with E-state index in [0.29, 0.717) is 17.5 Å². The molecule has 0 bridgehead atoms. The van der Waals surface area contributed by atoms with E-state index in [9.17, 15) is 4.79 Å². The van der Waals surface area contributed by atoms with E-state index in [1.54, 1.807) is 23.3 Å². The van der Waals surface area contributed by atoms with Gasteiger partial charge in [-0.15, -0.1) is 0 Å². The Kier molecular flexibility index (Phi) is 4.84. The highest BCUT2D eigenvalue weighted by Crippen LogP contribution is 2.47. The second-order valence-electron chi connectivity index (χ2n) is 8.94. The summed E-state index contributed by atoms with van der Waals surface area (Å²) in [4.78, 5) is 26.0. The van der Waals surface area contributed by atoms with Gasteiger partial charge in [-0.3, -0.25) is 9.48 Å². The van der Waals surface area contributed by atoms with Gasteiger partial charge in [0.25, 0.3) is 0 Å². The van der Waals surface area contributed by atoms with Crippen LogP contribution in [0.15, 0.2) is 65.8 Å². The number of nitrogens with two attached hydrogens (primary N) is 1. The van der Waals surface area contributed by atoms with Gasteiger partial charge in [0.1, 0.15) is 17.9 Å². The molecule has 1 aromatic carbocycles. The van der Waals surface area contributed by atoms with Crippen molar-refractivity contribution in [2.75, 3.05) is 11.1 Å². The van der Waals surface area contributed by atoms with Crippen LogP contribution in [0, 0.1) is 12.8 Å². The van der Waals surface area contributed by atoms with Crippen LogP contribution in [0.2, 0.25) is 0 Å². The molecular weight excluding hydrogens is 442 g/mol. The second kappa shape index (κ2) is 8.05. The molecule has 0 spiro atoms. The Morgan fingerprint density at radius 3 is 2.83 bits per heavy atom. The highest BCUT2D eigenvalue weighted by molar-refractivity contribution is 5.99. The number of pyridine rings is 2. The van der Waals surface area contributed by atoms with Crippen LogP contribution in [-0.2, 0) is 11.8 Å². The molecule has 4 heterocycles. The molecular formula is C26H23N7O2. The van der Waals surface area contributed by atoms with Crippen molar-refractivity contribution in [3.05, 3.63) is 72.5 Å². The molecule has 1 amide bonds. The molecule has 9 heteroatoms. The summed E-state index contributed by atoms with van der Waals surface area (Å²) in [5.41, 5.74) is 11.0. The summed E-state index contributed by atoms with van der Waals surface area (Å²) >= 11 is 0. The zero-order valence-electron chi connectivity index (χ0n) is 19.3. The fraction of sp³-hybridized carbons (Fsp3) is 0.192. The molecule has 0 aliphatic heterocycles. The largest absolute Gasteiger partial charge is 0.445 e. The summed E-state index contributed by atoms with van der Waals surface area (Å²) in [5, 5.41) is 8.75. The maximum absolute atomic E-state index is 12.8. The highest BCUT2D eigenvalue weighted by Gasteiger charge is 2.44. The van der Waals surface area contributed by atoms with Gasteiger partial charge in [-0.2, -0.15) is 5.10 Å². The number of anilines is 2. The van der Waals surface area contributed by atoms with Crippen LogP contribution in [0.4, 0.5) is 11.6 Å². The lowest BCUT2D eigenvalue weighted by Crippen LogP contribution is -2.15. The number of amides is 1. The number of nitrogens with one attached hydrogen (secondary N) is 1. The molecule has 1 aliphatic rings. The molecule has 0 radical (unpaired) electrons. The van der Waals surface area contributed by atoms with Gasteiger partial charge in [0, 0.05) is 41.9 Å². The predicted octanol–water partition coefficient (Wildman–Crippen LogP) is 4.32.